The van der Waals surface area contributed by atoms with Gasteiger partial charge in [-0.3, -0.25) is 9.59 Å². The monoisotopic (exact) mass is 1780 g/mol. The Bertz CT molecular complexity index is 6350. The van der Waals surface area contributed by atoms with Crippen LogP contribution in [0.15, 0.2) is 206 Å². The van der Waals surface area contributed by atoms with Crippen molar-refractivity contribution in [3.8, 4) is 149 Å². The third kappa shape index (κ3) is 21.5. The molecule has 33 heteroatoms. The van der Waals surface area contributed by atoms with Gasteiger partial charge < -0.3 is 109 Å². The Balaban J connectivity index is 0.000000255. The van der Waals surface area contributed by atoms with E-state index in [1.165, 1.54) is 244 Å². The van der Waals surface area contributed by atoms with Crippen molar-refractivity contribution in [3.63, 3.8) is 0 Å². The van der Waals surface area contributed by atoms with Crippen LogP contribution in [-0.2, 0) is 0 Å². The molecule has 33 nitrogen and oxygen atoms in total. The average molecular weight is 1790 g/mol. The highest BCUT2D eigenvalue weighted by atomic mass is 16.6. The van der Waals surface area contributed by atoms with Crippen molar-refractivity contribution in [1.82, 2.24) is 4.98 Å². The van der Waals surface area contributed by atoms with Crippen molar-refractivity contribution >= 4 is 59.0 Å². The van der Waals surface area contributed by atoms with Crippen LogP contribution in [0.5, 0.6) is 121 Å². The van der Waals surface area contributed by atoms with E-state index in [9.17, 15) is 43.6 Å². The van der Waals surface area contributed by atoms with Crippen LogP contribution in [0.1, 0.15) is 94.0 Å². The maximum Gasteiger partial charge on any atom is 0.348 e. The number of aryl methyl sites for hydroxylation is 1. The van der Waals surface area contributed by atoms with Crippen LogP contribution in [0, 0.1) is 18.3 Å². The van der Waals surface area contributed by atoms with Crippen molar-refractivity contribution < 1.29 is 138 Å². The fraction of sp³-hybridized carbons (Fsp3) is 0.184. The first-order chi connectivity index (χ1) is 63.2. The van der Waals surface area contributed by atoms with E-state index < -0.39 is 47.6 Å². The van der Waals surface area contributed by atoms with Gasteiger partial charge in [-0.1, -0.05) is 30.3 Å². The minimum Gasteiger partial charge on any atom is -0.496 e. The maximum atomic E-state index is 13.9. The highest BCUT2D eigenvalue weighted by molar-refractivity contribution is 6.09. The van der Waals surface area contributed by atoms with E-state index in [-0.39, 0.29) is 113 Å². The minimum absolute atomic E-state index is 0.0233. The SMILES string of the molecule is COc1cc(OC)c(C(=O)Oc2ccc(C(=O)N(C)c3ccc(-c4ccc(N(C)C(=O)c5ccc(OC(=O)c6cc(OC)c(OC)cc6OC)c(OC)c5)c(OC)c4)cc3OC)cc2C#N)cc1OC.COc1cc(OC)c(C(=O)Oc2ccc(C(=O)Oc3ccc(-c4ccc(OC(=O)c5ccc(OC(=O)c6cc(OC)c(OC)cc6OC)nc5)cc4)cc3C)cc2)cc1OC. The van der Waals surface area contributed by atoms with Gasteiger partial charge in [-0.2, -0.15) is 5.26 Å². The summed E-state index contributed by atoms with van der Waals surface area (Å²) in [7, 11) is 24.7. The summed E-state index contributed by atoms with van der Waals surface area (Å²) in [5.74, 6) is -0.186. The summed E-state index contributed by atoms with van der Waals surface area (Å²) >= 11 is 0. The number of pyridine rings is 1. The van der Waals surface area contributed by atoms with Gasteiger partial charge in [-0.25, -0.2) is 33.8 Å². The van der Waals surface area contributed by atoms with Crippen LogP contribution < -0.4 is 109 Å². The van der Waals surface area contributed by atoms with E-state index in [0.29, 0.717) is 85.6 Å². The smallest absolute Gasteiger partial charge is 0.348 e. The largest absolute Gasteiger partial charge is 0.496 e. The molecule has 131 heavy (non-hydrogen) atoms. The number of ether oxygens (including phenoxy) is 21. The number of benzene rings is 11. The molecular formula is C98H88N4O29. The first kappa shape index (κ1) is 94.5. The van der Waals surface area contributed by atoms with Gasteiger partial charge in [0, 0.05) is 86.0 Å². The molecule has 1 heterocycles. The van der Waals surface area contributed by atoms with E-state index >= 15 is 0 Å². The van der Waals surface area contributed by atoms with E-state index in [1.54, 1.807) is 93.8 Å². The standard InChI is InChI=1S/C52H49N3O15.C46H39NO14/c1-54(49(56)31-14-18-38(33(20-31)28-53)69-51(58)34-24-45(65-8)47(67-10)26-40(34)60-3)36-16-12-29(21-42(36)62-5)30-13-17-37(43(22-30)63-6)55(2)50(57)32-15-19-39(44(23-32)64-7)70-52(59)35-25-46(66-9)48(68-11)27-41(35)61-4;1-26-20-29(12-18-35(26)60-43(48)28-10-16-32(17-11-28)59-45(50)33-21-38(54-4)40(56-6)23-36(33)52-2)27-8-14-31(15-9-27)58-44(49)30-13-19-42(47-25-30)61-46(51)34-22-39(55-5)41(57-7)24-37(34)53-3/h12-27H,1-11H3;8-25H,1-7H3. The van der Waals surface area contributed by atoms with Gasteiger partial charge >= 0.3 is 35.8 Å². The summed E-state index contributed by atoms with van der Waals surface area (Å²) in [4.78, 5) is 113. The van der Waals surface area contributed by atoms with Gasteiger partial charge in [-0.15, -0.1) is 0 Å². The van der Waals surface area contributed by atoms with Crippen molar-refractivity contribution in [2.45, 2.75) is 6.92 Å². The summed E-state index contributed by atoms with van der Waals surface area (Å²) in [5, 5.41) is 10.0. The summed E-state index contributed by atoms with van der Waals surface area (Å²) in [6.07, 6.45) is 1.23. The molecule has 0 saturated heterocycles. The lowest BCUT2D eigenvalue weighted by Gasteiger charge is -2.22. The molecule has 11 aromatic carbocycles. The summed E-state index contributed by atoms with van der Waals surface area (Å²) in [5.41, 5.74) is 5.55. The predicted molar refractivity (Wildman–Crippen MR) is 476 cm³/mol. The van der Waals surface area contributed by atoms with Gasteiger partial charge in [-0.05, 0) is 150 Å². The lowest BCUT2D eigenvalue weighted by atomic mass is 10.0. The Morgan fingerprint density at radius 2 is 0.565 bits per heavy atom. The number of nitrogens with zero attached hydrogens (tertiary/aromatic N) is 4. The van der Waals surface area contributed by atoms with Crippen LogP contribution in [0.25, 0.3) is 22.3 Å². The number of carbonyl (C=O) groups excluding carboxylic acids is 8. The molecule has 1 aromatic heterocycles. The number of esters is 6. The molecule has 0 fully saturated rings. The zero-order chi connectivity index (χ0) is 94.4. The lowest BCUT2D eigenvalue weighted by Crippen LogP contribution is -2.27. The molecule has 0 aliphatic carbocycles. The Hall–Kier alpha value is -17.2. The molecule has 0 bridgehead atoms. The van der Waals surface area contributed by atoms with E-state index in [2.05, 4.69) is 4.98 Å². The molecule has 2 amide bonds. The number of rotatable bonds is 33. The molecule has 12 aromatic rings. The zero-order valence-electron chi connectivity index (χ0n) is 74.3. The number of aromatic nitrogens is 1. The van der Waals surface area contributed by atoms with Gasteiger partial charge in [0.1, 0.15) is 85.8 Å². The molecule has 12 rings (SSSR count). The second-order valence-electron chi connectivity index (χ2n) is 27.6. The minimum atomic E-state index is -0.829. The molecular weight excluding hydrogens is 1700 g/mol. The third-order valence-corrected chi connectivity index (χ3v) is 20.1. The van der Waals surface area contributed by atoms with E-state index in [4.69, 9.17) is 99.5 Å². The number of amides is 2. The molecule has 0 N–H and O–H groups in total. The normalized spacial score (nSPS) is 10.5. The van der Waals surface area contributed by atoms with Crippen LogP contribution in [0.2, 0.25) is 0 Å². The Labute approximate surface area is 752 Å². The third-order valence-electron chi connectivity index (χ3n) is 20.1. The molecule has 0 spiro atoms. The van der Waals surface area contributed by atoms with Crippen molar-refractivity contribution in [2.24, 2.45) is 0 Å². The van der Waals surface area contributed by atoms with Crippen molar-refractivity contribution in [3.05, 3.63) is 262 Å². The lowest BCUT2D eigenvalue weighted by molar-refractivity contribution is 0.0712. The number of hydrogen-bond donors (Lipinski definition) is 0. The Morgan fingerprint density at radius 3 is 0.962 bits per heavy atom. The fourth-order valence-electron chi connectivity index (χ4n) is 13.2. The number of methoxy groups -OCH3 is 15. The van der Waals surface area contributed by atoms with Crippen LogP contribution in [-0.4, -0.2) is 173 Å². The molecule has 0 saturated carbocycles. The first-order valence-electron chi connectivity index (χ1n) is 39.2. The zero-order valence-corrected chi connectivity index (χ0v) is 74.3. The van der Waals surface area contributed by atoms with E-state index in [1.807, 2.05) is 12.1 Å². The van der Waals surface area contributed by atoms with E-state index in [0.717, 1.165) is 11.1 Å². The number of hydrogen-bond acceptors (Lipinski definition) is 31. The highest BCUT2D eigenvalue weighted by Crippen LogP contribution is 2.44. The number of anilines is 2. The maximum absolute atomic E-state index is 13.9. The first-order valence-corrected chi connectivity index (χ1v) is 39.2. The molecule has 0 aliphatic rings. The number of carbonyl (C=O) groups is 8. The van der Waals surface area contributed by atoms with Gasteiger partial charge in [0.05, 0.1) is 135 Å². The second-order valence-corrected chi connectivity index (χ2v) is 27.6. The average Bonchev–Trinajstić information content (AvgIpc) is 0.790. The Kier molecular flexibility index (Phi) is 31.1. The summed E-state index contributed by atoms with van der Waals surface area (Å²) in [6, 6.07) is 53.7. The molecule has 0 radical (unpaired) electrons. The topological polar surface area (TPSA) is 374 Å². The van der Waals surface area contributed by atoms with Gasteiger partial charge in [0.25, 0.3) is 11.8 Å². The number of nitriles is 1. The molecule has 0 aliphatic heterocycles. The Morgan fingerprint density at radius 1 is 0.260 bits per heavy atom. The van der Waals surface area contributed by atoms with Crippen molar-refractivity contribution in [1.29, 1.82) is 5.26 Å². The predicted octanol–water partition coefficient (Wildman–Crippen LogP) is 16.3. The molecule has 0 unspecified atom stereocenters. The second kappa shape index (κ2) is 43.1. The highest BCUT2D eigenvalue weighted by Gasteiger charge is 2.30. The van der Waals surface area contributed by atoms with Crippen LogP contribution in [0.4, 0.5) is 11.4 Å². The van der Waals surface area contributed by atoms with Gasteiger partial charge in [0.2, 0.25) is 5.88 Å². The summed E-state index contributed by atoms with van der Waals surface area (Å²) in [6.45, 7) is 1.81. The van der Waals surface area contributed by atoms with Crippen molar-refractivity contribution in [2.75, 3.05) is 131 Å². The summed E-state index contributed by atoms with van der Waals surface area (Å²) < 4.78 is 114. The molecule has 0 atom stereocenters. The van der Waals surface area contributed by atoms with Crippen LogP contribution >= 0.6 is 0 Å². The fourth-order valence-corrected chi connectivity index (χ4v) is 13.2. The van der Waals surface area contributed by atoms with Crippen LogP contribution in [0.3, 0.4) is 0 Å². The molecule has 674 valence electrons. The quantitative estimate of drug-likeness (QED) is 0.0272. The van der Waals surface area contributed by atoms with Gasteiger partial charge in [0.15, 0.2) is 57.5 Å².